The van der Waals surface area contributed by atoms with E-state index < -0.39 is 0 Å². The number of carbonyl (C=O) groups excluding carboxylic acids is 1. The van der Waals surface area contributed by atoms with Crippen molar-refractivity contribution in [2.24, 2.45) is 0 Å². The Morgan fingerprint density at radius 2 is 1.76 bits per heavy atom. The normalized spacial score (nSPS) is 10.2. The molecule has 5 nitrogen and oxygen atoms in total. The number of hydrogen-bond acceptors (Lipinski definition) is 4. The van der Waals surface area contributed by atoms with Crippen LogP contribution in [0.2, 0.25) is 0 Å². The zero-order valence-electron chi connectivity index (χ0n) is 12.0. The van der Waals surface area contributed by atoms with Crippen LogP contribution in [0.4, 0.5) is 16.0 Å². The summed E-state index contributed by atoms with van der Waals surface area (Å²) in [5.41, 5.74) is 0.367. The smallest absolute Gasteiger partial charge is 0.256 e. The van der Waals surface area contributed by atoms with E-state index in [0.717, 1.165) is 18.9 Å². The van der Waals surface area contributed by atoms with Gasteiger partial charge in [-0.15, -0.1) is 10.2 Å². The number of aromatic nitrogens is 2. The molecule has 21 heavy (non-hydrogen) atoms. The van der Waals surface area contributed by atoms with Gasteiger partial charge in [-0.1, -0.05) is 0 Å². The molecule has 0 bridgehead atoms. The summed E-state index contributed by atoms with van der Waals surface area (Å²) in [6.07, 6.45) is 0. The summed E-state index contributed by atoms with van der Waals surface area (Å²) in [5.74, 6) is 0.398. The van der Waals surface area contributed by atoms with E-state index in [-0.39, 0.29) is 11.7 Å². The number of nitrogens with zero attached hydrogens (tertiary/aromatic N) is 3. The van der Waals surface area contributed by atoms with Crippen LogP contribution in [0.3, 0.4) is 0 Å². The van der Waals surface area contributed by atoms with Crippen molar-refractivity contribution in [1.82, 2.24) is 10.2 Å². The predicted octanol–water partition coefficient (Wildman–Crippen LogP) is 2.71. The number of benzene rings is 1. The quantitative estimate of drug-likeness (QED) is 0.919. The van der Waals surface area contributed by atoms with Gasteiger partial charge in [0, 0.05) is 18.7 Å². The standard InChI is InChI=1S/C15H17FN4O/c1-3-20(4-2)14-10-9-13(18-19-14)17-15(21)11-5-7-12(16)8-6-11/h5-10H,3-4H2,1-2H3,(H,17,18,21). The van der Waals surface area contributed by atoms with Gasteiger partial charge in [0.05, 0.1) is 0 Å². The van der Waals surface area contributed by atoms with Crippen molar-refractivity contribution in [3.8, 4) is 0 Å². The average molecular weight is 288 g/mol. The van der Waals surface area contributed by atoms with Gasteiger partial charge in [0.2, 0.25) is 0 Å². The van der Waals surface area contributed by atoms with Crippen LogP contribution < -0.4 is 10.2 Å². The fourth-order valence-corrected chi connectivity index (χ4v) is 1.90. The summed E-state index contributed by atoms with van der Waals surface area (Å²) in [6, 6.07) is 8.82. The minimum absolute atomic E-state index is 0.347. The van der Waals surface area contributed by atoms with E-state index in [2.05, 4.69) is 20.4 Å². The summed E-state index contributed by atoms with van der Waals surface area (Å²) < 4.78 is 12.8. The molecule has 2 aromatic rings. The Bertz CT molecular complexity index is 594. The zero-order valence-corrected chi connectivity index (χ0v) is 12.0. The first-order valence-electron chi connectivity index (χ1n) is 6.79. The van der Waals surface area contributed by atoms with Crippen molar-refractivity contribution < 1.29 is 9.18 Å². The number of hydrogen-bond donors (Lipinski definition) is 1. The first kappa shape index (κ1) is 14.9. The molecule has 0 fully saturated rings. The third-order valence-corrected chi connectivity index (χ3v) is 3.09. The van der Waals surface area contributed by atoms with Crippen LogP contribution in [0.1, 0.15) is 24.2 Å². The highest BCUT2D eigenvalue weighted by Crippen LogP contribution is 2.12. The van der Waals surface area contributed by atoms with Gasteiger partial charge in [-0.25, -0.2) is 4.39 Å². The highest BCUT2D eigenvalue weighted by Gasteiger charge is 2.08. The molecule has 0 saturated heterocycles. The lowest BCUT2D eigenvalue weighted by atomic mass is 10.2. The van der Waals surface area contributed by atoms with Gasteiger partial charge in [0.1, 0.15) is 5.82 Å². The van der Waals surface area contributed by atoms with Crippen LogP contribution in [-0.4, -0.2) is 29.2 Å². The van der Waals surface area contributed by atoms with Crippen LogP contribution in [0.15, 0.2) is 36.4 Å². The summed E-state index contributed by atoms with van der Waals surface area (Å²) in [4.78, 5) is 14.0. The first-order valence-corrected chi connectivity index (χ1v) is 6.79. The van der Waals surface area contributed by atoms with Gasteiger partial charge in [-0.2, -0.15) is 0 Å². The molecule has 0 saturated carbocycles. The van der Waals surface area contributed by atoms with Crippen molar-refractivity contribution >= 4 is 17.5 Å². The predicted molar refractivity (Wildman–Crippen MR) is 79.9 cm³/mol. The Morgan fingerprint density at radius 3 is 2.29 bits per heavy atom. The molecule has 0 spiro atoms. The molecule has 6 heteroatoms. The first-order chi connectivity index (χ1) is 10.1. The van der Waals surface area contributed by atoms with E-state index >= 15 is 0 Å². The van der Waals surface area contributed by atoms with Gasteiger partial charge >= 0.3 is 0 Å². The van der Waals surface area contributed by atoms with Crippen molar-refractivity contribution in [2.75, 3.05) is 23.3 Å². The topological polar surface area (TPSA) is 58.1 Å². The van der Waals surface area contributed by atoms with Gasteiger partial charge in [-0.05, 0) is 50.2 Å². The lowest BCUT2D eigenvalue weighted by Crippen LogP contribution is -2.23. The highest BCUT2D eigenvalue weighted by atomic mass is 19.1. The van der Waals surface area contributed by atoms with Gasteiger partial charge in [0.15, 0.2) is 11.6 Å². The molecule has 1 N–H and O–H groups in total. The van der Waals surface area contributed by atoms with E-state index in [1.807, 2.05) is 13.8 Å². The maximum Gasteiger partial charge on any atom is 0.256 e. The fourth-order valence-electron chi connectivity index (χ4n) is 1.90. The molecular weight excluding hydrogens is 271 g/mol. The summed E-state index contributed by atoms with van der Waals surface area (Å²) in [5, 5.41) is 10.7. The minimum atomic E-state index is -0.380. The van der Waals surface area contributed by atoms with Gasteiger partial charge < -0.3 is 10.2 Å². The highest BCUT2D eigenvalue weighted by molar-refractivity contribution is 6.03. The van der Waals surface area contributed by atoms with Crippen molar-refractivity contribution in [1.29, 1.82) is 0 Å². The Kier molecular flexibility index (Phi) is 4.81. The summed E-state index contributed by atoms with van der Waals surface area (Å²) in [6.45, 7) is 5.75. The molecule has 0 unspecified atom stereocenters. The van der Waals surface area contributed by atoms with E-state index in [1.165, 1.54) is 24.3 Å². The van der Waals surface area contributed by atoms with Crippen LogP contribution >= 0.6 is 0 Å². The molecule has 0 radical (unpaired) electrons. The number of carbonyl (C=O) groups is 1. The maximum atomic E-state index is 12.8. The summed E-state index contributed by atoms with van der Waals surface area (Å²) >= 11 is 0. The lowest BCUT2D eigenvalue weighted by Gasteiger charge is -2.18. The van der Waals surface area contributed by atoms with Crippen LogP contribution in [-0.2, 0) is 0 Å². The number of anilines is 2. The molecule has 0 aliphatic carbocycles. The number of amides is 1. The molecule has 0 aliphatic heterocycles. The fraction of sp³-hybridized carbons (Fsp3) is 0.267. The van der Waals surface area contributed by atoms with E-state index in [0.29, 0.717) is 11.4 Å². The molecule has 1 aromatic heterocycles. The Balaban J connectivity index is 2.06. The maximum absolute atomic E-state index is 12.8. The Hall–Kier alpha value is -2.50. The monoisotopic (exact) mass is 288 g/mol. The van der Waals surface area contributed by atoms with Crippen molar-refractivity contribution in [3.63, 3.8) is 0 Å². The second-order valence-electron chi connectivity index (χ2n) is 4.41. The SMILES string of the molecule is CCN(CC)c1ccc(NC(=O)c2ccc(F)cc2)nn1. The van der Waals surface area contributed by atoms with E-state index in [1.54, 1.807) is 12.1 Å². The largest absolute Gasteiger partial charge is 0.356 e. The molecule has 0 atom stereocenters. The lowest BCUT2D eigenvalue weighted by molar-refractivity contribution is 0.102. The molecule has 1 heterocycles. The van der Waals surface area contributed by atoms with Crippen LogP contribution in [0.25, 0.3) is 0 Å². The number of halogens is 1. The second kappa shape index (κ2) is 6.78. The van der Waals surface area contributed by atoms with Gasteiger partial charge in [-0.3, -0.25) is 4.79 Å². The molecule has 1 aromatic carbocycles. The molecular formula is C15H17FN4O. The number of nitrogens with one attached hydrogen (secondary N) is 1. The van der Waals surface area contributed by atoms with Gasteiger partial charge in [0.25, 0.3) is 5.91 Å². The molecule has 0 aliphatic rings. The van der Waals surface area contributed by atoms with Crippen molar-refractivity contribution in [2.45, 2.75) is 13.8 Å². The average Bonchev–Trinajstić information content (AvgIpc) is 2.51. The zero-order chi connectivity index (χ0) is 15.2. The number of rotatable bonds is 5. The Labute approximate surface area is 122 Å². The third-order valence-electron chi connectivity index (χ3n) is 3.09. The molecule has 2 rings (SSSR count). The van der Waals surface area contributed by atoms with E-state index in [4.69, 9.17) is 0 Å². The minimum Gasteiger partial charge on any atom is -0.356 e. The van der Waals surface area contributed by atoms with Crippen LogP contribution in [0, 0.1) is 5.82 Å². The third kappa shape index (κ3) is 3.75. The summed E-state index contributed by atoms with van der Waals surface area (Å²) in [7, 11) is 0. The molecule has 110 valence electrons. The van der Waals surface area contributed by atoms with Crippen molar-refractivity contribution in [3.05, 3.63) is 47.8 Å². The van der Waals surface area contributed by atoms with E-state index in [9.17, 15) is 9.18 Å². The second-order valence-corrected chi connectivity index (χ2v) is 4.41. The van der Waals surface area contributed by atoms with Crippen LogP contribution in [0.5, 0.6) is 0 Å². The molecule has 1 amide bonds. The Morgan fingerprint density at radius 1 is 1.10 bits per heavy atom.